The quantitative estimate of drug-likeness (QED) is 0.315. The molecule has 158 valence electrons. The van der Waals surface area contributed by atoms with E-state index < -0.39 is 51.3 Å². The zero-order valence-corrected chi connectivity index (χ0v) is 15.7. The van der Waals surface area contributed by atoms with Crippen LogP contribution >= 0.6 is 0 Å². The highest BCUT2D eigenvalue weighted by Gasteiger charge is 2.32. The van der Waals surface area contributed by atoms with Gasteiger partial charge < -0.3 is 9.64 Å². The molecule has 2 aromatic rings. The van der Waals surface area contributed by atoms with E-state index in [-0.39, 0.29) is 37.3 Å². The molecule has 2 heterocycles. The summed E-state index contributed by atoms with van der Waals surface area (Å²) in [5.74, 6) is -5.93. The predicted octanol–water partition coefficient (Wildman–Crippen LogP) is 3.29. The summed E-state index contributed by atoms with van der Waals surface area (Å²) in [6.07, 6.45) is 1.47. The van der Waals surface area contributed by atoms with Crippen molar-refractivity contribution in [2.24, 2.45) is 5.92 Å². The average Bonchev–Trinajstić information content (AvgIpc) is 2.72. The first kappa shape index (κ1) is 21.2. The Hall–Kier alpha value is -3.50. The Labute approximate surface area is 168 Å². The molecule has 1 fully saturated rings. The van der Waals surface area contributed by atoms with Crippen LogP contribution in [0, 0.1) is 33.5 Å². The summed E-state index contributed by atoms with van der Waals surface area (Å²) in [4.78, 5) is 40.4. The van der Waals surface area contributed by atoms with Crippen molar-refractivity contribution in [1.29, 1.82) is 0 Å². The third-order valence-electron chi connectivity index (χ3n) is 4.88. The summed E-state index contributed by atoms with van der Waals surface area (Å²) in [6, 6.07) is 1.94. The molecule has 1 aromatic heterocycles. The number of hydrogen-bond acceptors (Lipinski definition) is 7. The highest BCUT2D eigenvalue weighted by atomic mass is 19.1. The van der Waals surface area contributed by atoms with Crippen LogP contribution in [-0.2, 0) is 4.74 Å². The van der Waals surface area contributed by atoms with E-state index in [9.17, 15) is 32.9 Å². The van der Waals surface area contributed by atoms with Crippen molar-refractivity contribution in [1.82, 2.24) is 4.98 Å². The summed E-state index contributed by atoms with van der Waals surface area (Å²) in [7, 11) is 1.14. The van der Waals surface area contributed by atoms with E-state index in [0.29, 0.717) is 12.1 Å². The van der Waals surface area contributed by atoms with Gasteiger partial charge in [0.2, 0.25) is 5.82 Å². The molecule has 0 bridgehead atoms. The molecule has 0 unspecified atom stereocenters. The molecular formula is C19H16F3N3O5. The van der Waals surface area contributed by atoms with Crippen LogP contribution in [0.25, 0.3) is 0 Å². The summed E-state index contributed by atoms with van der Waals surface area (Å²) in [5.41, 5.74) is -1.28. The van der Waals surface area contributed by atoms with Crippen LogP contribution in [0.5, 0.6) is 0 Å². The lowest BCUT2D eigenvalue weighted by Crippen LogP contribution is -2.37. The maximum Gasteiger partial charge on any atom is 0.339 e. The van der Waals surface area contributed by atoms with E-state index in [2.05, 4.69) is 9.72 Å². The number of rotatable bonds is 5. The van der Waals surface area contributed by atoms with Crippen molar-refractivity contribution >= 4 is 23.3 Å². The molecule has 0 atom stereocenters. The van der Waals surface area contributed by atoms with Crippen molar-refractivity contribution in [2.75, 3.05) is 25.1 Å². The second-order valence-electron chi connectivity index (χ2n) is 6.69. The standard InChI is InChI=1S/C19H16F3N3O5/c1-30-19(27)11-6-15(25(28)29)18(23-9-11)24-4-2-10(3-5-24)17(26)16-13(21)7-12(20)8-14(16)22/h6-10H,2-5H2,1H3. The lowest BCUT2D eigenvalue weighted by atomic mass is 9.88. The van der Waals surface area contributed by atoms with Gasteiger partial charge in [-0.1, -0.05) is 0 Å². The Kier molecular flexibility index (Phi) is 5.99. The molecule has 1 aliphatic heterocycles. The third kappa shape index (κ3) is 4.09. The maximum absolute atomic E-state index is 13.9. The Morgan fingerprint density at radius 3 is 2.30 bits per heavy atom. The number of hydrogen-bond donors (Lipinski definition) is 0. The van der Waals surface area contributed by atoms with Crippen molar-refractivity contribution in [2.45, 2.75) is 12.8 Å². The molecule has 0 spiro atoms. The summed E-state index contributed by atoms with van der Waals surface area (Å²) in [6.45, 7) is 0.318. The van der Waals surface area contributed by atoms with Crippen molar-refractivity contribution in [3.8, 4) is 0 Å². The van der Waals surface area contributed by atoms with Gasteiger partial charge in [0.25, 0.3) is 0 Å². The van der Waals surface area contributed by atoms with Gasteiger partial charge in [-0.2, -0.15) is 0 Å². The number of halogens is 3. The lowest BCUT2D eigenvalue weighted by Gasteiger charge is -2.31. The third-order valence-corrected chi connectivity index (χ3v) is 4.88. The average molecular weight is 423 g/mol. The Morgan fingerprint density at radius 2 is 1.77 bits per heavy atom. The molecule has 1 saturated heterocycles. The molecule has 0 N–H and O–H groups in total. The number of carbonyl (C=O) groups excluding carboxylic acids is 2. The van der Waals surface area contributed by atoms with Gasteiger partial charge in [0.1, 0.15) is 17.5 Å². The number of ether oxygens (including phenoxy) is 1. The molecule has 0 saturated carbocycles. The number of nitro groups is 1. The highest BCUT2D eigenvalue weighted by Crippen LogP contribution is 2.32. The lowest BCUT2D eigenvalue weighted by molar-refractivity contribution is -0.384. The van der Waals surface area contributed by atoms with Gasteiger partial charge in [-0.3, -0.25) is 14.9 Å². The first-order chi connectivity index (χ1) is 14.2. The fourth-order valence-corrected chi connectivity index (χ4v) is 3.39. The SMILES string of the molecule is COC(=O)c1cnc(N2CCC(C(=O)c3c(F)cc(F)cc3F)CC2)c([N+](=O)[O-])c1. The normalized spacial score (nSPS) is 14.5. The molecule has 0 radical (unpaired) electrons. The van der Waals surface area contributed by atoms with Gasteiger partial charge in [0, 0.05) is 43.4 Å². The van der Waals surface area contributed by atoms with Gasteiger partial charge in [-0.05, 0) is 12.8 Å². The number of aromatic nitrogens is 1. The van der Waals surface area contributed by atoms with Gasteiger partial charge in [0.15, 0.2) is 5.78 Å². The van der Waals surface area contributed by atoms with Crippen LogP contribution in [0.4, 0.5) is 24.7 Å². The maximum atomic E-state index is 13.9. The van der Waals surface area contributed by atoms with Crippen LogP contribution < -0.4 is 4.90 Å². The summed E-state index contributed by atoms with van der Waals surface area (Å²) >= 11 is 0. The second kappa shape index (κ2) is 8.47. The fraction of sp³-hybridized carbons (Fsp3) is 0.316. The number of ketones is 1. The zero-order chi connectivity index (χ0) is 22.0. The Balaban J connectivity index is 1.78. The number of esters is 1. The smallest absolute Gasteiger partial charge is 0.339 e. The van der Waals surface area contributed by atoms with E-state index >= 15 is 0 Å². The number of anilines is 1. The molecular weight excluding hydrogens is 407 g/mol. The number of methoxy groups -OCH3 is 1. The van der Waals surface area contributed by atoms with E-state index in [4.69, 9.17) is 0 Å². The fourth-order valence-electron chi connectivity index (χ4n) is 3.39. The van der Waals surface area contributed by atoms with E-state index in [1.54, 1.807) is 4.90 Å². The molecule has 30 heavy (non-hydrogen) atoms. The van der Waals surface area contributed by atoms with Crippen LogP contribution in [0.2, 0.25) is 0 Å². The van der Waals surface area contributed by atoms with Crippen LogP contribution in [0.3, 0.4) is 0 Å². The van der Waals surface area contributed by atoms with Crippen LogP contribution in [0.15, 0.2) is 24.4 Å². The van der Waals surface area contributed by atoms with E-state index in [0.717, 1.165) is 19.4 Å². The topological polar surface area (TPSA) is 103 Å². The minimum atomic E-state index is -1.27. The summed E-state index contributed by atoms with van der Waals surface area (Å²) < 4.78 is 45.4. The van der Waals surface area contributed by atoms with Gasteiger partial charge in [-0.15, -0.1) is 0 Å². The Bertz CT molecular complexity index is 999. The van der Waals surface area contributed by atoms with Crippen LogP contribution in [0.1, 0.15) is 33.6 Å². The number of benzene rings is 1. The molecule has 0 aliphatic carbocycles. The number of carbonyl (C=O) groups is 2. The number of piperidine rings is 1. The Morgan fingerprint density at radius 1 is 1.17 bits per heavy atom. The molecule has 8 nitrogen and oxygen atoms in total. The van der Waals surface area contributed by atoms with Crippen molar-refractivity contribution in [3.05, 3.63) is 63.1 Å². The number of pyridine rings is 1. The molecule has 1 aromatic carbocycles. The highest BCUT2D eigenvalue weighted by molar-refractivity contribution is 5.98. The monoisotopic (exact) mass is 423 g/mol. The largest absolute Gasteiger partial charge is 0.465 e. The van der Waals surface area contributed by atoms with Crippen molar-refractivity contribution in [3.63, 3.8) is 0 Å². The van der Waals surface area contributed by atoms with Crippen molar-refractivity contribution < 1.29 is 32.4 Å². The van der Waals surface area contributed by atoms with Gasteiger partial charge in [-0.25, -0.2) is 22.9 Å². The number of nitrogens with zero attached hydrogens (tertiary/aromatic N) is 3. The first-order valence-electron chi connectivity index (χ1n) is 8.89. The number of Topliss-reactive ketones (excluding diaryl/α,β-unsaturated/α-hetero) is 1. The molecule has 0 amide bonds. The van der Waals surface area contributed by atoms with E-state index in [1.807, 2.05) is 0 Å². The molecule has 3 rings (SSSR count). The molecule has 1 aliphatic rings. The van der Waals surface area contributed by atoms with Gasteiger partial charge >= 0.3 is 11.7 Å². The minimum Gasteiger partial charge on any atom is -0.465 e. The van der Waals surface area contributed by atoms with Crippen LogP contribution in [-0.4, -0.2) is 41.9 Å². The molecule has 11 heteroatoms. The zero-order valence-electron chi connectivity index (χ0n) is 15.7. The van der Waals surface area contributed by atoms with Gasteiger partial charge in [0.05, 0.1) is 23.2 Å². The predicted molar refractivity (Wildman–Crippen MR) is 97.8 cm³/mol. The first-order valence-corrected chi connectivity index (χ1v) is 8.89. The van der Waals surface area contributed by atoms with E-state index in [1.165, 1.54) is 0 Å². The minimum absolute atomic E-state index is 0.0118. The summed E-state index contributed by atoms with van der Waals surface area (Å²) in [5, 5.41) is 11.4. The second-order valence-corrected chi connectivity index (χ2v) is 6.69.